The van der Waals surface area contributed by atoms with Gasteiger partial charge in [-0.2, -0.15) is 0 Å². The minimum absolute atomic E-state index is 0.0671. The number of allylic oxidation sites excluding steroid dienone is 10. The van der Waals surface area contributed by atoms with Crippen LogP contribution in [0.5, 0.6) is 0 Å². The number of esters is 2. The summed E-state index contributed by atoms with van der Waals surface area (Å²) < 4.78 is 17.2. The molecule has 5 nitrogen and oxygen atoms in total. The fraction of sp³-hybridized carbons (Fsp3) is 0.745. The Morgan fingerprint density at radius 2 is 0.865 bits per heavy atom. The van der Waals surface area contributed by atoms with Crippen LogP contribution in [0.1, 0.15) is 201 Å². The van der Waals surface area contributed by atoms with E-state index in [1.54, 1.807) is 0 Å². The Bertz CT molecular complexity index is 915. The van der Waals surface area contributed by atoms with Crippen molar-refractivity contribution in [3.63, 3.8) is 0 Å². The highest BCUT2D eigenvalue weighted by Crippen LogP contribution is 2.12. The van der Waals surface area contributed by atoms with Crippen LogP contribution in [0, 0.1) is 0 Å². The van der Waals surface area contributed by atoms with Gasteiger partial charge in [-0.05, 0) is 89.9 Å². The average Bonchev–Trinajstić information content (AvgIpc) is 3.14. The first-order valence-electron chi connectivity index (χ1n) is 21.8. The summed E-state index contributed by atoms with van der Waals surface area (Å²) in [5.41, 5.74) is 0. The molecule has 0 aromatic carbocycles. The molecule has 0 fully saturated rings. The van der Waals surface area contributed by atoms with Crippen LogP contribution in [0.4, 0.5) is 0 Å². The summed E-state index contributed by atoms with van der Waals surface area (Å²) in [6, 6.07) is 0. The maximum Gasteiger partial charge on any atom is 0.306 e. The largest absolute Gasteiger partial charge is 0.462 e. The lowest BCUT2D eigenvalue weighted by Gasteiger charge is -2.18. The fourth-order valence-corrected chi connectivity index (χ4v) is 5.72. The highest BCUT2D eigenvalue weighted by atomic mass is 16.6. The molecule has 0 aliphatic carbocycles. The predicted octanol–water partition coefficient (Wildman–Crippen LogP) is 14.2. The second-order valence-electron chi connectivity index (χ2n) is 14.2. The maximum atomic E-state index is 12.7. The maximum absolute atomic E-state index is 12.7. The molecule has 0 spiro atoms. The van der Waals surface area contributed by atoms with E-state index in [4.69, 9.17) is 14.2 Å². The van der Waals surface area contributed by atoms with Crippen LogP contribution in [0.2, 0.25) is 0 Å². The summed E-state index contributed by atoms with van der Waals surface area (Å²) in [5, 5.41) is 0. The van der Waals surface area contributed by atoms with Crippen LogP contribution < -0.4 is 0 Å². The number of carbonyl (C=O) groups excluding carboxylic acids is 2. The standard InChI is InChI=1S/C47H82O5/c1-4-7-10-13-16-19-22-23-24-27-30-33-36-39-42-50-43-45(52-47(49)41-38-35-32-29-26-21-18-15-12-9-6-3)44-51-46(48)40-37-34-31-28-25-20-17-14-11-8-5-2/h7,10,14-19,23-24,45H,4-6,8-9,11-13,20-22,25-44H2,1-3H3/b10-7-,17-14-,18-15-,19-16-,24-23-. The minimum Gasteiger partial charge on any atom is -0.462 e. The van der Waals surface area contributed by atoms with Gasteiger partial charge < -0.3 is 14.2 Å². The summed E-state index contributed by atoms with van der Waals surface area (Å²) in [4.78, 5) is 25.1. The lowest BCUT2D eigenvalue weighted by atomic mass is 10.1. The molecular weight excluding hydrogens is 645 g/mol. The van der Waals surface area contributed by atoms with Gasteiger partial charge in [0.2, 0.25) is 0 Å². The Kier molecular flexibility index (Phi) is 41.0. The van der Waals surface area contributed by atoms with Crippen molar-refractivity contribution in [1.82, 2.24) is 0 Å². The van der Waals surface area contributed by atoms with Crippen molar-refractivity contribution in [3.05, 3.63) is 60.8 Å². The fourth-order valence-electron chi connectivity index (χ4n) is 5.72. The molecule has 0 N–H and O–H groups in total. The van der Waals surface area contributed by atoms with Crippen LogP contribution in [0.15, 0.2) is 60.8 Å². The zero-order valence-electron chi connectivity index (χ0n) is 34.3. The zero-order valence-corrected chi connectivity index (χ0v) is 34.3. The van der Waals surface area contributed by atoms with E-state index >= 15 is 0 Å². The van der Waals surface area contributed by atoms with Gasteiger partial charge in [-0.25, -0.2) is 0 Å². The number of ether oxygens (including phenoxy) is 3. The predicted molar refractivity (Wildman–Crippen MR) is 224 cm³/mol. The van der Waals surface area contributed by atoms with Crippen molar-refractivity contribution in [3.8, 4) is 0 Å². The summed E-state index contributed by atoms with van der Waals surface area (Å²) in [7, 11) is 0. The van der Waals surface area contributed by atoms with E-state index in [1.807, 2.05) is 0 Å². The number of rotatable bonds is 39. The van der Waals surface area contributed by atoms with E-state index < -0.39 is 6.10 Å². The van der Waals surface area contributed by atoms with Crippen molar-refractivity contribution in [1.29, 1.82) is 0 Å². The van der Waals surface area contributed by atoms with E-state index in [1.165, 1.54) is 77.0 Å². The molecule has 0 saturated heterocycles. The Morgan fingerprint density at radius 1 is 0.442 bits per heavy atom. The van der Waals surface area contributed by atoms with Gasteiger partial charge in [0.1, 0.15) is 6.61 Å². The summed E-state index contributed by atoms with van der Waals surface area (Å²) in [6.45, 7) is 7.57. The molecule has 0 amide bonds. The lowest BCUT2D eigenvalue weighted by Crippen LogP contribution is -2.30. The van der Waals surface area contributed by atoms with E-state index in [-0.39, 0.29) is 25.2 Å². The molecule has 0 aromatic rings. The van der Waals surface area contributed by atoms with E-state index in [2.05, 4.69) is 81.5 Å². The van der Waals surface area contributed by atoms with Crippen molar-refractivity contribution >= 4 is 11.9 Å². The molecule has 0 aliphatic rings. The van der Waals surface area contributed by atoms with Crippen molar-refractivity contribution in [2.45, 2.75) is 207 Å². The first-order chi connectivity index (χ1) is 25.6. The van der Waals surface area contributed by atoms with Gasteiger partial charge in [0, 0.05) is 19.4 Å². The van der Waals surface area contributed by atoms with Gasteiger partial charge in [0.25, 0.3) is 0 Å². The third kappa shape index (κ3) is 40.4. The highest BCUT2D eigenvalue weighted by molar-refractivity contribution is 5.70. The topological polar surface area (TPSA) is 61.8 Å². The highest BCUT2D eigenvalue weighted by Gasteiger charge is 2.17. The normalized spacial score (nSPS) is 12.8. The Balaban J connectivity index is 4.32. The Hall–Kier alpha value is -2.40. The molecule has 1 unspecified atom stereocenters. The summed E-state index contributed by atoms with van der Waals surface area (Å²) in [5.74, 6) is -0.435. The molecule has 52 heavy (non-hydrogen) atoms. The molecule has 0 aliphatic heterocycles. The molecule has 5 heteroatoms. The second-order valence-corrected chi connectivity index (χ2v) is 14.2. The number of hydrogen-bond acceptors (Lipinski definition) is 5. The van der Waals surface area contributed by atoms with Gasteiger partial charge in [-0.3, -0.25) is 9.59 Å². The van der Waals surface area contributed by atoms with Crippen LogP contribution in [0.25, 0.3) is 0 Å². The van der Waals surface area contributed by atoms with Gasteiger partial charge in [0.05, 0.1) is 6.61 Å². The molecule has 1 atom stereocenters. The lowest BCUT2D eigenvalue weighted by molar-refractivity contribution is -0.163. The molecule has 0 rings (SSSR count). The third-order valence-corrected chi connectivity index (χ3v) is 9.01. The molecule has 0 bridgehead atoms. The second kappa shape index (κ2) is 43.0. The monoisotopic (exact) mass is 727 g/mol. The van der Waals surface area contributed by atoms with Crippen molar-refractivity contribution in [2.24, 2.45) is 0 Å². The SMILES string of the molecule is CC/C=C\C/C=C\C/C=C\CCCCCCOCC(COC(=O)CCCCCCC/C=C\CCCC)OC(=O)CCCCCCC/C=C\CCCC. The van der Waals surface area contributed by atoms with E-state index in [9.17, 15) is 9.59 Å². The first kappa shape index (κ1) is 49.6. The molecule has 0 heterocycles. The third-order valence-electron chi connectivity index (χ3n) is 9.01. The van der Waals surface area contributed by atoms with E-state index in [0.717, 1.165) is 89.9 Å². The Morgan fingerprint density at radius 3 is 1.40 bits per heavy atom. The molecular formula is C47H82O5. The first-order valence-corrected chi connectivity index (χ1v) is 21.8. The smallest absolute Gasteiger partial charge is 0.306 e. The Labute approximate surface area is 322 Å². The summed E-state index contributed by atoms with van der Waals surface area (Å²) in [6.07, 6.45) is 52.2. The zero-order chi connectivity index (χ0) is 37.8. The minimum atomic E-state index is -0.553. The molecule has 0 aromatic heterocycles. The number of carbonyl (C=O) groups is 2. The van der Waals surface area contributed by atoms with Crippen LogP contribution >= 0.6 is 0 Å². The number of unbranched alkanes of at least 4 members (excludes halogenated alkanes) is 18. The molecule has 0 saturated carbocycles. The molecule has 300 valence electrons. The van der Waals surface area contributed by atoms with Gasteiger partial charge in [-0.15, -0.1) is 0 Å². The van der Waals surface area contributed by atoms with Gasteiger partial charge in [-0.1, -0.05) is 159 Å². The van der Waals surface area contributed by atoms with Crippen LogP contribution in [-0.4, -0.2) is 37.9 Å². The van der Waals surface area contributed by atoms with Crippen molar-refractivity contribution in [2.75, 3.05) is 19.8 Å². The van der Waals surface area contributed by atoms with Crippen LogP contribution in [0.3, 0.4) is 0 Å². The molecule has 0 radical (unpaired) electrons. The van der Waals surface area contributed by atoms with Gasteiger partial charge >= 0.3 is 11.9 Å². The van der Waals surface area contributed by atoms with Gasteiger partial charge in [0.15, 0.2) is 6.10 Å². The van der Waals surface area contributed by atoms with E-state index in [0.29, 0.717) is 19.4 Å². The average molecular weight is 727 g/mol. The quantitative estimate of drug-likeness (QED) is 0.0358. The van der Waals surface area contributed by atoms with Crippen LogP contribution in [-0.2, 0) is 23.8 Å². The van der Waals surface area contributed by atoms with Crippen molar-refractivity contribution < 1.29 is 23.8 Å². The summed E-state index contributed by atoms with van der Waals surface area (Å²) >= 11 is 0. The number of hydrogen-bond donors (Lipinski definition) is 0.